The molecular formula is C12H15IN2O. The van der Waals surface area contributed by atoms with Gasteiger partial charge in [-0.3, -0.25) is 4.79 Å². The number of halogens is 1. The molecule has 1 fully saturated rings. The van der Waals surface area contributed by atoms with Gasteiger partial charge in [-0.05, 0) is 19.1 Å². The Kier molecular flexibility index (Phi) is 3.81. The molecule has 3 nitrogen and oxygen atoms in total. The number of nitrogens with zero attached hydrogens (tertiary/aromatic N) is 1. The fourth-order valence-electron chi connectivity index (χ4n) is 1.68. The second-order valence-electron chi connectivity index (χ2n) is 4.27. The molecule has 0 atom stereocenters. The smallest absolute Gasteiger partial charge is 0.251 e. The highest BCUT2D eigenvalue weighted by molar-refractivity contribution is 14.1. The molecule has 1 amide bonds. The molecule has 1 saturated heterocycles. The van der Waals surface area contributed by atoms with Crippen LogP contribution >= 0.6 is 22.9 Å². The average molecular weight is 330 g/mol. The van der Waals surface area contributed by atoms with E-state index in [9.17, 15) is 4.79 Å². The first-order chi connectivity index (χ1) is 7.65. The fraction of sp³-hybridized carbons (Fsp3) is 0.417. The van der Waals surface area contributed by atoms with Gasteiger partial charge in [0.2, 0.25) is 0 Å². The van der Waals surface area contributed by atoms with Gasteiger partial charge in [0.25, 0.3) is 5.91 Å². The predicted octanol–water partition coefficient (Wildman–Crippen LogP) is 2.01. The Morgan fingerprint density at radius 1 is 1.44 bits per heavy atom. The number of aryl methyl sites for hydroxylation is 1. The third-order valence-corrected chi connectivity index (χ3v) is 3.57. The summed E-state index contributed by atoms with van der Waals surface area (Å²) in [5.74, 6) is 0.651. The highest BCUT2D eigenvalue weighted by Gasteiger charge is 2.24. The van der Waals surface area contributed by atoms with Gasteiger partial charge in [-0.1, -0.05) is 17.7 Å². The van der Waals surface area contributed by atoms with Crippen LogP contribution in [-0.4, -0.2) is 28.7 Å². The Balaban J connectivity index is 1.81. The minimum absolute atomic E-state index is 0.0342. The summed E-state index contributed by atoms with van der Waals surface area (Å²) in [7, 11) is 0. The number of rotatable bonds is 3. The quantitative estimate of drug-likeness (QED) is 0.679. The van der Waals surface area contributed by atoms with Crippen LogP contribution in [0.2, 0.25) is 0 Å². The molecule has 1 N–H and O–H groups in total. The van der Waals surface area contributed by atoms with Gasteiger partial charge in [-0.25, -0.2) is 3.11 Å². The second-order valence-corrected chi connectivity index (χ2v) is 5.63. The third kappa shape index (κ3) is 2.95. The summed E-state index contributed by atoms with van der Waals surface area (Å²) in [6.45, 7) is 4.96. The van der Waals surface area contributed by atoms with Gasteiger partial charge in [-0.15, -0.1) is 0 Å². The van der Waals surface area contributed by atoms with E-state index in [0.29, 0.717) is 5.92 Å². The summed E-state index contributed by atoms with van der Waals surface area (Å²) >= 11 is 2.30. The van der Waals surface area contributed by atoms with E-state index in [0.717, 1.165) is 25.2 Å². The minimum atomic E-state index is 0.0342. The summed E-state index contributed by atoms with van der Waals surface area (Å²) in [6, 6.07) is 7.67. The monoisotopic (exact) mass is 330 g/mol. The molecule has 1 aromatic carbocycles. The van der Waals surface area contributed by atoms with Crippen molar-refractivity contribution in [2.24, 2.45) is 5.92 Å². The van der Waals surface area contributed by atoms with E-state index in [1.54, 1.807) is 0 Å². The molecule has 16 heavy (non-hydrogen) atoms. The van der Waals surface area contributed by atoms with Crippen molar-refractivity contribution >= 4 is 28.8 Å². The second kappa shape index (κ2) is 5.14. The van der Waals surface area contributed by atoms with Crippen molar-refractivity contribution in [2.75, 3.05) is 19.6 Å². The van der Waals surface area contributed by atoms with E-state index < -0.39 is 0 Å². The first-order valence-corrected chi connectivity index (χ1v) is 6.37. The van der Waals surface area contributed by atoms with Crippen molar-refractivity contribution in [3.8, 4) is 0 Å². The summed E-state index contributed by atoms with van der Waals surface area (Å²) in [5, 5.41) is 2.97. The molecule has 0 aromatic heterocycles. The lowest BCUT2D eigenvalue weighted by molar-refractivity contribution is 0.0934. The van der Waals surface area contributed by atoms with E-state index in [2.05, 4.69) is 31.3 Å². The molecule has 1 aliphatic heterocycles. The molecule has 2 rings (SSSR count). The zero-order valence-electron chi connectivity index (χ0n) is 9.24. The van der Waals surface area contributed by atoms with Crippen molar-refractivity contribution in [1.29, 1.82) is 0 Å². The molecule has 0 unspecified atom stereocenters. The summed E-state index contributed by atoms with van der Waals surface area (Å²) in [4.78, 5) is 11.8. The first-order valence-electron chi connectivity index (χ1n) is 5.41. The van der Waals surface area contributed by atoms with Gasteiger partial charge in [-0.2, -0.15) is 0 Å². The van der Waals surface area contributed by atoms with Crippen LogP contribution in [0.1, 0.15) is 15.9 Å². The van der Waals surface area contributed by atoms with Crippen molar-refractivity contribution in [3.63, 3.8) is 0 Å². The van der Waals surface area contributed by atoms with Crippen molar-refractivity contribution in [2.45, 2.75) is 6.92 Å². The number of carbonyl (C=O) groups excluding carboxylic acids is 1. The first kappa shape index (κ1) is 11.9. The van der Waals surface area contributed by atoms with Gasteiger partial charge >= 0.3 is 0 Å². The fourth-order valence-corrected chi connectivity index (χ4v) is 2.79. The van der Waals surface area contributed by atoms with Gasteiger partial charge in [0.05, 0.1) is 0 Å². The minimum Gasteiger partial charge on any atom is -0.352 e. The van der Waals surface area contributed by atoms with Crippen LogP contribution in [0.25, 0.3) is 0 Å². The SMILES string of the molecule is Cc1ccc(C(=O)NCC2CN(I)C2)cc1. The Morgan fingerprint density at radius 3 is 2.62 bits per heavy atom. The average Bonchev–Trinajstić information content (AvgIpc) is 2.23. The lowest BCUT2D eigenvalue weighted by atomic mass is 10.0. The molecule has 0 bridgehead atoms. The van der Waals surface area contributed by atoms with Crippen LogP contribution in [-0.2, 0) is 0 Å². The molecule has 0 spiro atoms. The number of nitrogens with one attached hydrogen (secondary N) is 1. The lowest BCUT2D eigenvalue weighted by Gasteiger charge is -2.34. The van der Waals surface area contributed by atoms with Crippen LogP contribution in [0, 0.1) is 12.8 Å². The lowest BCUT2D eigenvalue weighted by Crippen LogP contribution is -2.46. The van der Waals surface area contributed by atoms with E-state index in [1.165, 1.54) is 5.56 Å². The van der Waals surface area contributed by atoms with Crippen LogP contribution < -0.4 is 5.32 Å². The summed E-state index contributed by atoms with van der Waals surface area (Å²) in [5.41, 5.74) is 1.92. The maximum absolute atomic E-state index is 11.8. The van der Waals surface area contributed by atoms with E-state index in [4.69, 9.17) is 0 Å². The summed E-state index contributed by atoms with van der Waals surface area (Å²) in [6.07, 6.45) is 0. The number of benzene rings is 1. The van der Waals surface area contributed by atoms with Crippen molar-refractivity contribution in [3.05, 3.63) is 35.4 Å². The third-order valence-electron chi connectivity index (χ3n) is 2.78. The highest BCUT2D eigenvalue weighted by Crippen LogP contribution is 2.18. The number of carbonyl (C=O) groups is 1. The highest BCUT2D eigenvalue weighted by atomic mass is 127. The van der Waals surface area contributed by atoms with Gasteiger partial charge in [0, 0.05) is 54.0 Å². The Morgan fingerprint density at radius 2 is 2.06 bits per heavy atom. The van der Waals surface area contributed by atoms with Gasteiger partial charge in [0.15, 0.2) is 0 Å². The van der Waals surface area contributed by atoms with Crippen LogP contribution in [0.5, 0.6) is 0 Å². The molecule has 86 valence electrons. The molecule has 0 saturated carbocycles. The Bertz CT molecular complexity index is 371. The molecule has 1 aliphatic rings. The molecule has 0 aliphatic carbocycles. The van der Waals surface area contributed by atoms with Crippen LogP contribution in [0.15, 0.2) is 24.3 Å². The standard InChI is InChI=1S/C12H15IN2O/c1-9-2-4-11(5-3-9)12(16)14-6-10-7-15(13)8-10/h2-5,10H,6-8H2,1H3,(H,14,16). The van der Waals surface area contributed by atoms with E-state index in [1.807, 2.05) is 31.2 Å². The Hall–Kier alpha value is -0.620. The topological polar surface area (TPSA) is 32.3 Å². The molecule has 4 heteroatoms. The van der Waals surface area contributed by atoms with Gasteiger partial charge in [0.1, 0.15) is 0 Å². The number of amides is 1. The van der Waals surface area contributed by atoms with E-state index >= 15 is 0 Å². The maximum Gasteiger partial charge on any atom is 0.251 e. The van der Waals surface area contributed by atoms with Crippen molar-refractivity contribution < 1.29 is 4.79 Å². The zero-order valence-corrected chi connectivity index (χ0v) is 11.4. The molecule has 1 aromatic rings. The van der Waals surface area contributed by atoms with Crippen LogP contribution in [0.4, 0.5) is 0 Å². The molecule has 0 radical (unpaired) electrons. The predicted molar refractivity (Wildman–Crippen MR) is 72.6 cm³/mol. The van der Waals surface area contributed by atoms with E-state index in [-0.39, 0.29) is 5.91 Å². The molecular weight excluding hydrogens is 315 g/mol. The summed E-state index contributed by atoms with van der Waals surface area (Å²) < 4.78 is 2.22. The molecule has 1 heterocycles. The number of hydrogen-bond donors (Lipinski definition) is 1. The number of hydrogen-bond acceptors (Lipinski definition) is 2. The van der Waals surface area contributed by atoms with Gasteiger partial charge < -0.3 is 5.32 Å². The maximum atomic E-state index is 11.8. The normalized spacial score (nSPS) is 16.9. The Labute approximate surface area is 110 Å². The largest absolute Gasteiger partial charge is 0.352 e. The van der Waals surface area contributed by atoms with Crippen molar-refractivity contribution in [1.82, 2.24) is 8.43 Å². The van der Waals surface area contributed by atoms with Crippen LogP contribution in [0.3, 0.4) is 0 Å². The zero-order chi connectivity index (χ0) is 11.5.